The van der Waals surface area contributed by atoms with Gasteiger partial charge in [0, 0.05) is 5.56 Å². The first-order valence-corrected chi connectivity index (χ1v) is 5.76. The van der Waals surface area contributed by atoms with E-state index in [9.17, 15) is 31.1 Å². The molecule has 0 atom stereocenters. The molecule has 0 aliphatic rings. The number of benzene rings is 1. The van der Waals surface area contributed by atoms with Crippen molar-refractivity contribution in [3.8, 4) is 0 Å². The molecule has 0 saturated carbocycles. The number of hydrogen-bond acceptors (Lipinski definition) is 1. The van der Waals surface area contributed by atoms with Crippen LogP contribution in [0.3, 0.4) is 0 Å². The van der Waals surface area contributed by atoms with Gasteiger partial charge in [0.1, 0.15) is 5.84 Å². The number of rotatable bonds is 2. The molecule has 1 rings (SSSR count). The Morgan fingerprint density at radius 1 is 1.05 bits per heavy atom. The van der Waals surface area contributed by atoms with E-state index >= 15 is 0 Å². The molecular formula is C13H10F6N2O. The fourth-order valence-electron chi connectivity index (χ4n) is 1.47. The number of nitrogens with two attached hydrogens (primary N) is 1. The topological polar surface area (TPSA) is 55.4 Å². The third-order valence-electron chi connectivity index (χ3n) is 2.40. The van der Waals surface area contributed by atoms with Crippen LogP contribution in [0.25, 0.3) is 0 Å². The minimum absolute atomic E-state index is 0.0736. The number of amides is 1. The lowest BCUT2D eigenvalue weighted by atomic mass is 10.0. The molecule has 0 fully saturated rings. The summed E-state index contributed by atoms with van der Waals surface area (Å²) in [6, 6.07) is 0.518. The Hall–Kier alpha value is -2.32. The zero-order chi connectivity index (χ0) is 17.1. The van der Waals surface area contributed by atoms with Gasteiger partial charge in [-0.05, 0) is 31.2 Å². The van der Waals surface area contributed by atoms with Gasteiger partial charge in [-0.25, -0.2) is 0 Å². The maximum absolute atomic E-state index is 12.6. The number of halogens is 6. The van der Waals surface area contributed by atoms with Gasteiger partial charge >= 0.3 is 12.4 Å². The van der Waals surface area contributed by atoms with E-state index in [-0.39, 0.29) is 11.9 Å². The first kappa shape index (κ1) is 17.7. The molecule has 1 aromatic carbocycles. The van der Waals surface area contributed by atoms with E-state index < -0.39 is 35.0 Å². The Bertz CT molecular complexity index is 596. The highest BCUT2D eigenvalue weighted by atomic mass is 19.4. The number of carbonyl (C=O) groups is 1. The summed E-state index contributed by atoms with van der Waals surface area (Å²) in [6.07, 6.45) is -7.49. The Morgan fingerprint density at radius 3 is 1.86 bits per heavy atom. The van der Waals surface area contributed by atoms with Crippen molar-refractivity contribution >= 4 is 11.7 Å². The number of nitrogens with zero attached hydrogens (tertiary/aromatic N) is 1. The number of amidine groups is 1. The van der Waals surface area contributed by atoms with Crippen molar-refractivity contribution in [1.29, 1.82) is 0 Å². The predicted octanol–water partition coefficient (Wildman–Crippen LogP) is 3.80. The highest BCUT2D eigenvalue weighted by Gasteiger charge is 2.37. The van der Waals surface area contributed by atoms with Crippen molar-refractivity contribution in [1.82, 2.24) is 0 Å². The largest absolute Gasteiger partial charge is 0.416 e. The first-order valence-electron chi connectivity index (χ1n) is 5.76. The van der Waals surface area contributed by atoms with Crippen LogP contribution >= 0.6 is 0 Å². The fourth-order valence-corrected chi connectivity index (χ4v) is 1.47. The molecule has 3 nitrogen and oxygen atoms in total. The van der Waals surface area contributed by atoms with Gasteiger partial charge in [0.15, 0.2) is 0 Å². The summed E-state index contributed by atoms with van der Waals surface area (Å²) >= 11 is 0. The highest BCUT2D eigenvalue weighted by molar-refractivity contribution is 6.06. The van der Waals surface area contributed by atoms with Crippen LogP contribution < -0.4 is 5.73 Å². The summed E-state index contributed by atoms with van der Waals surface area (Å²) in [7, 11) is 0. The van der Waals surface area contributed by atoms with Crippen molar-refractivity contribution in [2.24, 2.45) is 10.7 Å². The zero-order valence-corrected chi connectivity index (χ0v) is 11.1. The molecule has 1 aromatic rings. The molecule has 0 aliphatic carbocycles. The van der Waals surface area contributed by atoms with Crippen molar-refractivity contribution in [3.63, 3.8) is 0 Å². The number of alkyl halides is 6. The number of carbonyl (C=O) groups excluding carboxylic acids is 1. The SMILES string of the molecule is C/C=C/C(N)=NC(=O)c1cc(C(F)(F)F)cc(C(F)(F)F)c1. The lowest BCUT2D eigenvalue weighted by molar-refractivity contribution is -0.143. The van der Waals surface area contributed by atoms with E-state index in [0.717, 1.165) is 0 Å². The van der Waals surface area contributed by atoms with Gasteiger partial charge < -0.3 is 5.73 Å². The Morgan fingerprint density at radius 2 is 1.50 bits per heavy atom. The fraction of sp³-hybridized carbons (Fsp3) is 0.231. The molecule has 0 aromatic heterocycles. The molecular weight excluding hydrogens is 314 g/mol. The number of allylic oxidation sites excluding steroid dienone is 1. The first-order chi connectivity index (χ1) is 9.95. The summed E-state index contributed by atoms with van der Waals surface area (Å²) in [5, 5.41) is 0. The third-order valence-corrected chi connectivity index (χ3v) is 2.40. The average molecular weight is 324 g/mol. The van der Waals surface area contributed by atoms with E-state index in [1.54, 1.807) is 6.92 Å². The summed E-state index contributed by atoms with van der Waals surface area (Å²) in [6.45, 7) is 1.54. The number of hydrogen-bond donors (Lipinski definition) is 1. The molecule has 0 radical (unpaired) electrons. The molecule has 1 amide bonds. The smallest absolute Gasteiger partial charge is 0.384 e. The molecule has 0 spiro atoms. The van der Waals surface area contributed by atoms with Crippen LogP contribution in [0.4, 0.5) is 26.3 Å². The molecule has 0 aliphatic heterocycles. The van der Waals surface area contributed by atoms with E-state index in [1.807, 2.05) is 0 Å². The molecule has 22 heavy (non-hydrogen) atoms. The van der Waals surface area contributed by atoms with E-state index in [2.05, 4.69) is 4.99 Å². The second kappa shape index (κ2) is 6.20. The van der Waals surface area contributed by atoms with Crippen LogP contribution in [0.2, 0.25) is 0 Å². The second-order valence-electron chi connectivity index (χ2n) is 4.14. The van der Waals surface area contributed by atoms with Crippen molar-refractivity contribution in [2.75, 3.05) is 0 Å². The molecule has 120 valence electrons. The predicted molar refractivity (Wildman–Crippen MR) is 67.2 cm³/mol. The van der Waals surface area contributed by atoms with Crippen LogP contribution in [0.5, 0.6) is 0 Å². The lowest BCUT2D eigenvalue weighted by Gasteiger charge is -2.13. The van der Waals surface area contributed by atoms with Crippen LogP contribution in [-0.2, 0) is 12.4 Å². The molecule has 0 bridgehead atoms. The Balaban J connectivity index is 3.42. The summed E-state index contributed by atoms with van der Waals surface area (Å²) in [5.41, 5.74) is 1.23. The van der Waals surface area contributed by atoms with Crippen molar-refractivity contribution in [3.05, 3.63) is 47.0 Å². The number of aliphatic imine (C=N–C) groups is 1. The minimum Gasteiger partial charge on any atom is -0.384 e. The standard InChI is InChI=1S/C13H10F6N2O/c1-2-3-10(20)21-11(22)7-4-8(12(14,15)16)6-9(5-7)13(17,18)19/h2-6H,1H3,(H2,20,21,22)/b3-2+. The van der Waals surface area contributed by atoms with Crippen LogP contribution in [-0.4, -0.2) is 11.7 Å². The van der Waals surface area contributed by atoms with Gasteiger partial charge in [-0.3, -0.25) is 4.79 Å². The summed E-state index contributed by atoms with van der Waals surface area (Å²) < 4.78 is 75.8. The normalized spacial score (nSPS) is 13.7. The molecule has 0 heterocycles. The van der Waals surface area contributed by atoms with Crippen LogP contribution in [0, 0.1) is 0 Å². The molecule has 0 saturated heterocycles. The monoisotopic (exact) mass is 324 g/mol. The van der Waals surface area contributed by atoms with Gasteiger partial charge in [-0.15, -0.1) is 0 Å². The highest BCUT2D eigenvalue weighted by Crippen LogP contribution is 2.36. The van der Waals surface area contributed by atoms with E-state index in [0.29, 0.717) is 12.1 Å². The van der Waals surface area contributed by atoms with Gasteiger partial charge in [0.25, 0.3) is 5.91 Å². The van der Waals surface area contributed by atoms with E-state index in [4.69, 9.17) is 5.73 Å². The maximum Gasteiger partial charge on any atom is 0.416 e. The molecule has 0 unspecified atom stereocenters. The molecule has 2 N–H and O–H groups in total. The average Bonchev–Trinajstić information content (AvgIpc) is 2.36. The Labute approximate surface area is 121 Å². The second-order valence-corrected chi connectivity index (χ2v) is 4.14. The summed E-state index contributed by atoms with van der Waals surface area (Å²) in [5.74, 6) is -1.63. The summed E-state index contributed by atoms with van der Waals surface area (Å²) in [4.78, 5) is 14.9. The lowest BCUT2D eigenvalue weighted by Crippen LogP contribution is -2.15. The van der Waals surface area contributed by atoms with Gasteiger partial charge in [0.2, 0.25) is 0 Å². The van der Waals surface area contributed by atoms with Gasteiger partial charge in [-0.1, -0.05) is 6.08 Å². The maximum atomic E-state index is 12.6. The van der Waals surface area contributed by atoms with Crippen molar-refractivity contribution < 1.29 is 31.1 Å². The van der Waals surface area contributed by atoms with Gasteiger partial charge in [-0.2, -0.15) is 31.3 Å². The Kier molecular flexibility index (Phi) is 5.00. The van der Waals surface area contributed by atoms with E-state index in [1.165, 1.54) is 12.2 Å². The molecule has 9 heteroatoms. The zero-order valence-electron chi connectivity index (χ0n) is 11.1. The minimum atomic E-state index is -5.03. The van der Waals surface area contributed by atoms with Gasteiger partial charge in [0.05, 0.1) is 11.1 Å². The van der Waals surface area contributed by atoms with Crippen LogP contribution in [0.15, 0.2) is 35.3 Å². The van der Waals surface area contributed by atoms with Crippen LogP contribution in [0.1, 0.15) is 28.4 Å². The third kappa shape index (κ3) is 4.61. The quantitative estimate of drug-likeness (QED) is 0.511. The van der Waals surface area contributed by atoms with Crippen molar-refractivity contribution in [2.45, 2.75) is 19.3 Å².